The average Bonchev–Trinajstić information content (AvgIpc) is 2.55. The Morgan fingerprint density at radius 2 is 1.67 bits per heavy atom. The Balaban J connectivity index is 2.24. The number of halogens is 2. The van der Waals surface area contributed by atoms with E-state index in [1.165, 1.54) is 30.3 Å². The van der Waals surface area contributed by atoms with Crippen molar-refractivity contribution in [1.29, 1.82) is 0 Å². The predicted octanol–water partition coefficient (Wildman–Crippen LogP) is 4.21. The van der Waals surface area contributed by atoms with Crippen molar-refractivity contribution in [2.45, 2.75) is 19.9 Å². The van der Waals surface area contributed by atoms with Crippen molar-refractivity contribution < 1.29 is 14.0 Å². The third kappa shape index (κ3) is 4.11. The number of carbonyl (C=O) groups excluding carboxylic acids is 2. The molecule has 2 aromatic rings. The molecule has 4 nitrogen and oxygen atoms in total. The Hall–Kier alpha value is -2.40. The van der Waals surface area contributed by atoms with Crippen LogP contribution in [-0.2, 0) is 0 Å². The normalized spacial score (nSPS) is 10.6. The number of amides is 2. The first kappa shape index (κ1) is 17.9. The van der Waals surface area contributed by atoms with Gasteiger partial charge in [0.25, 0.3) is 11.8 Å². The van der Waals surface area contributed by atoms with E-state index in [1.54, 1.807) is 24.1 Å². The highest BCUT2D eigenvalue weighted by molar-refractivity contribution is 6.34. The van der Waals surface area contributed by atoms with E-state index in [4.69, 9.17) is 11.6 Å². The van der Waals surface area contributed by atoms with E-state index in [-0.39, 0.29) is 11.9 Å². The molecule has 2 aromatic carbocycles. The molecule has 0 aromatic heterocycles. The topological polar surface area (TPSA) is 49.4 Å². The summed E-state index contributed by atoms with van der Waals surface area (Å²) in [5.41, 5.74) is 1.04. The largest absolute Gasteiger partial charge is 0.339 e. The molecule has 0 unspecified atom stereocenters. The van der Waals surface area contributed by atoms with Gasteiger partial charge in [0.15, 0.2) is 0 Å². The van der Waals surface area contributed by atoms with E-state index in [0.717, 1.165) is 0 Å². The molecule has 0 spiro atoms. The summed E-state index contributed by atoms with van der Waals surface area (Å²) in [5, 5.41) is 2.96. The van der Waals surface area contributed by atoms with Crippen LogP contribution >= 0.6 is 11.6 Å². The summed E-state index contributed by atoms with van der Waals surface area (Å²) in [6, 6.07) is 9.90. The number of carbonyl (C=O) groups is 2. The lowest BCUT2D eigenvalue weighted by molar-refractivity contribution is 0.0754. The van der Waals surface area contributed by atoms with Crippen LogP contribution in [-0.4, -0.2) is 29.8 Å². The quantitative estimate of drug-likeness (QED) is 0.899. The second-order valence-corrected chi connectivity index (χ2v) is 6.07. The van der Waals surface area contributed by atoms with E-state index >= 15 is 0 Å². The zero-order chi connectivity index (χ0) is 17.9. The monoisotopic (exact) mass is 348 g/mol. The SMILES string of the molecule is CC(C)N(C)C(=O)c1ccc(Cl)c(NC(=O)c2ccc(F)cc2)c1. The summed E-state index contributed by atoms with van der Waals surface area (Å²) in [6.45, 7) is 3.82. The Morgan fingerprint density at radius 1 is 1.08 bits per heavy atom. The molecule has 0 saturated heterocycles. The summed E-state index contributed by atoms with van der Waals surface area (Å²) >= 11 is 6.10. The maximum absolute atomic E-state index is 12.9. The molecular weight excluding hydrogens is 331 g/mol. The lowest BCUT2D eigenvalue weighted by atomic mass is 10.1. The van der Waals surface area contributed by atoms with E-state index in [0.29, 0.717) is 21.8 Å². The predicted molar refractivity (Wildman–Crippen MR) is 93.0 cm³/mol. The highest BCUT2D eigenvalue weighted by atomic mass is 35.5. The fraction of sp³-hybridized carbons (Fsp3) is 0.222. The van der Waals surface area contributed by atoms with Crippen molar-refractivity contribution in [3.8, 4) is 0 Å². The summed E-state index contributed by atoms with van der Waals surface area (Å²) in [6.07, 6.45) is 0. The fourth-order valence-electron chi connectivity index (χ4n) is 1.99. The molecule has 0 fully saturated rings. The number of rotatable bonds is 4. The first-order chi connectivity index (χ1) is 11.3. The van der Waals surface area contributed by atoms with Gasteiger partial charge in [0, 0.05) is 24.2 Å². The Kier molecular flexibility index (Phi) is 5.57. The van der Waals surface area contributed by atoms with E-state index in [2.05, 4.69) is 5.32 Å². The van der Waals surface area contributed by atoms with Crippen LogP contribution in [0.25, 0.3) is 0 Å². The van der Waals surface area contributed by atoms with Gasteiger partial charge in [0.2, 0.25) is 0 Å². The molecule has 0 heterocycles. The molecule has 0 aliphatic carbocycles. The van der Waals surface area contributed by atoms with Crippen molar-refractivity contribution in [2.24, 2.45) is 0 Å². The van der Waals surface area contributed by atoms with Crippen molar-refractivity contribution in [3.63, 3.8) is 0 Å². The molecule has 0 radical (unpaired) electrons. The summed E-state index contributed by atoms with van der Waals surface area (Å²) in [4.78, 5) is 26.2. The number of nitrogens with one attached hydrogen (secondary N) is 1. The van der Waals surface area contributed by atoms with Crippen LogP contribution in [0, 0.1) is 5.82 Å². The van der Waals surface area contributed by atoms with Crippen molar-refractivity contribution in [1.82, 2.24) is 4.90 Å². The second kappa shape index (κ2) is 7.45. The molecule has 0 bridgehead atoms. The minimum Gasteiger partial charge on any atom is -0.339 e. The number of benzene rings is 2. The molecule has 0 atom stereocenters. The van der Waals surface area contributed by atoms with Crippen LogP contribution in [0.3, 0.4) is 0 Å². The third-order valence-electron chi connectivity index (χ3n) is 3.66. The van der Waals surface area contributed by atoms with Crippen LogP contribution in [0.4, 0.5) is 10.1 Å². The highest BCUT2D eigenvalue weighted by Crippen LogP contribution is 2.24. The zero-order valence-corrected chi connectivity index (χ0v) is 14.4. The first-order valence-electron chi connectivity index (χ1n) is 7.43. The third-order valence-corrected chi connectivity index (χ3v) is 3.99. The minimum absolute atomic E-state index is 0.0467. The Bertz CT molecular complexity index is 760. The maximum atomic E-state index is 12.9. The minimum atomic E-state index is -0.432. The molecular formula is C18H18ClFN2O2. The lowest BCUT2D eigenvalue weighted by Gasteiger charge is -2.22. The number of anilines is 1. The maximum Gasteiger partial charge on any atom is 0.255 e. The van der Waals surface area contributed by atoms with E-state index in [1.807, 2.05) is 13.8 Å². The molecule has 126 valence electrons. The molecule has 1 N–H and O–H groups in total. The molecule has 0 aliphatic heterocycles. The average molecular weight is 349 g/mol. The van der Waals surface area contributed by atoms with Crippen LogP contribution in [0.15, 0.2) is 42.5 Å². The summed E-state index contributed by atoms with van der Waals surface area (Å²) in [5.74, 6) is -1.02. The van der Waals surface area contributed by atoms with Crippen molar-refractivity contribution in [2.75, 3.05) is 12.4 Å². The molecule has 24 heavy (non-hydrogen) atoms. The van der Waals surface area contributed by atoms with Crippen molar-refractivity contribution >= 4 is 29.1 Å². The zero-order valence-electron chi connectivity index (χ0n) is 13.6. The Labute approximate surface area is 145 Å². The van der Waals surface area contributed by atoms with Gasteiger partial charge in [0.05, 0.1) is 10.7 Å². The van der Waals surface area contributed by atoms with Gasteiger partial charge in [-0.05, 0) is 56.3 Å². The molecule has 6 heteroatoms. The first-order valence-corrected chi connectivity index (χ1v) is 7.81. The van der Waals surface area contributed by atoms with Gasteiger partial charge in [-0.15, -0.1) is 0 Å². The van der Waals surface area contributed by atoms with E-state index < -0.39 is 11.7 Å². The van der Waals surface area contributed by atoms with Gasteiger partial charge >= 0.3 is 0 Å². The van der Waals surface area contributed by atoms with Gasteiger partial charge in [-0.2, -0.15) is 0 Å². The summed E-state index contributed by atoms with van der Waals surface area (Å²) in [7, 11) is 1.71. The molecule has 2 rings (SSSR count). The summed E-state index contributed by atoms with van der Waals surface area (Å²) < 4.78 is 12.9. The van der Waals surface area contributed by atoms with Gasteiger partial charge in [-0.3, -0.25) is 9.59 Å². The number of hydrogen-bond acceptors (Lipinski definition) is 2. The van der Waals surface area contributed by atoms with Gasteiger partial charge < -0.3 is 10.2 Å². The highest BCUT2D eigenvalue weighted by Gasteiger charge is 2.17. The number of nitrogens with zero attached hydrogens (tertiary/aromatic N) is 1. The lowest BCUT2D eigenvalue weighted by Crippen LogP contribution is -2.33. The van der Waals surface area contributed by atoms with Crippen molar-refractivity contribution in [3.05, 3.63) is 64.4 Å². The van der Waals surface area contributed by atoms with Crippen LogP contribution < -0.4 is 5.32 Å². The molecule has 0 saturated carbocycles. The van der Waals surface area contributed by atoms with Gasteiger partial charge in [0.1, 0.15) is 5.82 Å². The van der Waals surface area contributed by atoms with Crippen LogP contribution in [0.5, 0.6) is 0 Å². The second-order valence-electron chi connectivity index (χ2n) is 5.67. The van der Waals surface area contributed by atoms with Gasteiger partial charge in [-0.1, -0.05) is 11.6 Å². The van der Waals surface area contributed by atoms with Crippen LogP contribution in [0.1, 0.15) is 34.6 Å². The van der Waals surface area contributed by atoms with E-state index in [9.17, 15) is 14.0 Å². The smallest absolute Gasteiger partial charge is 0.255 e. The number of hydrogen-bond donors (Lipinski definition) is 1. The molecule has 0 aliphatic rings. The van der Waals surface area contributed by atoms with Gasteiger partial charge in [-0.25, -0.2) is 4.39 Å². The standard InChI is InChI=1S/C18H18ClFN2O2/c1-11(2)22(3)18(24)13-6-9-15(19)16(10-13)21-17(23)12-4-7-14(20)8-5-12/h4-11H,1-3H3,(H,21,23). The molecule has 2 amide bonds. The fourth-order valence-corrected chi connectivity index (χ4v) is 2.15. The Morgan fingerprint density at radius 3 is 2.25 bits per heavy atom. The van der Waals surface area contributed by atoms with Crippen LogP contribution in [0.2, 0.25) is 5.02 Å².